The molecule has 112 valence electrons. The SMILES string of the molecule is CC(C)CN1CCN(C(=O)c2cccc(N=[N+]=[N-])c2)CC1. The number of azide groups is 1. The minimum atomic E-state index is 0.00851. The minimum Gasteiger partial charge on any atom is -0.336 e. The summed E-state index contributed by atoms with van der Waals surface area (Å²) in [6, 6.07) is 6.84. The number of carbonyl (C=O) groups is 1. The summed E-state index contributed by atoms with van der Waals surface area (Å²) in [6.45, 7) is 8.82. The van der Waals surface area contributed by atoms with Crippen molar-refractivity contribution in [2.75, 3.05) is 32.7 Å². The van der Waals surface area contributed by atoms with Gasteiger partial charge in [-0.1, -0.05) is 31.1 Å². The Labute approximate surface area is 125 Å². The first-order valence-corrected chi connectivity index (χ1v) is 7.27. The first-order valence-electron chi connectivity index (χ1n) is 7.27. The van der Waals surface area contributed by atoms with Crippen molar-refractivity contribution in [3.05, 3.63) is 40.3 Å². The maximum atomic E-state index is 12.5. The Morgan fingerprint density at radius 3 is 2.67 bits per heavy atom. The average Bonchev–Trinajstić information content (AvgIpc) is 2.47. The highest BCUT2D eigenvalue weighted by Crippen LogP contribution is 2.17. The van der Waals surface area contributed by atoms with Gasteiger partial charge in [-0.25, -0.2) is 0 Å². The van der Waals surface area contributed by atoms with E-state index in [0.717, 1.165) is 32.7 Å². The van der Waals surface area contributed by atoms with Gasteiger partial charge in [0.2, 0.25) is 0 Å². The van der Waals surface area contributed by atoms with Crippen LogP contribution in [0.4, 0.5) is 5.69 Å². The summed E-state index contributed by atoms with van der Waals surface area (Å²) in [6.07, 6.45) is 0. The molecule has 1 saturated heterocycles. The second-order valence-corrected chi connectivity index (χ2v) is 5.73. The predicted molar refractivity (Wildman–Crippen MR) is 82.4 cm³/mol. The lowest BCUT2D eigenvalue weighted by Crippen LogP contribution is -2.49. The molecule has 1 aromatic carbocycles. The van der Waals surface area contributed by atoms with Gasteiger partial charge in [0, 0.05) is 48.9 Å². The second-order valence-electron chi connectivity index (χ2n) is 5.73. The van der Waals surface area contributed by atoms with Crippen molar-refractivity contribution in [2.45, 2.75) is 13.8 Å². The van der Waals surface area contributed by atoms with Crippen LogP contribution in [-0.4, -0.2) is 48.4 Å². The Hall–Kier alpha value is -2.04. The maximum Gasteiger partial charge on any atom is 0.253 e. The highest BCUT2D eigenvalue weighted by atomic mass is 16.2. The average molecular weight is 287 g/mol. The smallest absolute Gasteiger partial charge is 0.253 e. The third-order valence-electron chi connectivity index (χ3n) is 3.54. The van der Waals surface area contributed by atoms with Gasteiger partial charge in [-0.05, 0) is 23.6 Å². The van der Waals surface area contributed by atoms with E-state index in [9.17, 15) is 4.79 Å². The van der Waals surface area contributed by atoms with Crippen LogP contribution in [0, 0.1) is 5.92 Å². The fourth-order valence-electron chi connectivity index (χ4n) is 2.59. The summed E-state index contributed by atoms with van der Waals surface area (Å²) in [7, 11) is 0. The molecule has 0 radical (unpaired) electrons. The Bertz CT molecular complexity index is 543. The zero-order chi connectivity index (χ0) is 15.2. The molecule has 1 heterocycles. The van der Waals surface area contributed by atoms with Gasteiger partial charge >= 0.3 is 0 Å². The monoisotopic (exact) mass is 287 g/mol. The molecule has 6 heteroatoms. The quantitative estimate of drug-likeness (QED) is 0.485. The summed E-state index contributed by atoms with van der Waals surface area (Å²) in [5, 5.41) is 3.54. The molecule has 0 N–H and O–H groups in total. The van der Waals surface area contributed by atoms with Gasteiger partial charge in [-0.15, -0.1) is 0 Å². The highest BCUT2D eigenvalue weighted by molar-refractivity contribution is 5.95. The lowest BCUT2D eigenvalue weighted by Gasteiger charge is -2.35. The van der Waals surface area contributed by atoms with Crippen molar-refractivity contribution in [1.29, 1.82) is 0 Å². The van der Waals surface area contributed by atoms with Crippen LogP contribution in [0.15, 0.2) is 29.4 Å². The van der Waals surface area contributed by atoms with E-state index >= 15 is 0 Å². The van der Waals surface area contributed by atoms with E-state index in [4.69, 9.17) is 5.53 Å². The number of benzene rings is 1. The van der Waals surface area contributed by atoms with Gasteiger partial charge in [0.05, 0.1) is 0 Å². The third kappa shape index (κ3) is 4.21. The lowest BCUT2D eigenvalue weighted by molar-refractivity contribution is 0.0624. The molecule has 0 aliphatic carbocycles. The van der Waals surface area contributed by atoms with Gasteiger partial charge in [0.15, 0.2) is 0 Å². The molecule has 1 aliphatic heterocycles. The Balaban J connectivity index is 1.98. The standard InChI is InChI=1S/C15H21N5O/c1-12(2)11-19-6-8-20(9-7-19)15(21)13-4-3-5-14(10-13)17-18-16/h3-5,10,12H,6-9,11H2,1-2H3. The van der Waals surface area contributed by atoms with Gasteiger partial charge in [0.1, 0.15) is 0 Å². The number of carbonyl (C=O) groups excluding carboxylic acids is 1. The Morgan fingerprint density at radius 1 is 1.33 bits per heavy atom. The third-order valence-corrected chi connectivity index (χ3v) is 3.54. The Morgan fingerprint density at radius 2 is 2.05 bits per heavy atom. The number of amides is 1. The minimum absolute atomic E-state index is 0.00851. The number of hydrogen-bond acceptors (Lipinski definition) is 3. The van der Waals surface area contributed by atoms with E-state index in [2.05, 4.69) is 28.8 Å². The molecule has 0 unspecified atom stereocenters. The summed E-state index contributed by atoms with van der Waals surface area (Å²) in [4.78, 5) is 19.5. The lowest BCUT2D eigenvalue weighted by atomic mass is 10.1. The molecule has 6 nitrogen and oxygen atoms in total. The largest absolute Gasteiger partial charge is 0.336 e. The topological polar surface area (TPSA) is 72.3 Å². The summed E-state index contributed by atoms with van der Waals surface area (Å²) in [5.41, 5.74) is 9.51. The van der Waals surface area contributed by atoms with Crippen LogP contribution in [0.5, 0.6) is 0 Å². The molecule has 0 bridgehead atoms. The summed E-state index contributed by atoms with van der Waals surface area (Å²) >= 11 is 0. The number of hydrogen-bond donors (Lipinski definition) is 0. The first kappa shape index (κ1) is 15.4. The van der Waals surface area contributed by atoms with Crippen molar-refractivity contribution in [3.8, 4) is 0 Å². The van der Waals surface area contributed by atoms with Crippen molar-refractivity contribution in [1.82, 2.24) is 9.80 Å². The molecule has 1 aliphatic rings. The molecule has 1 amide bonds. The Kier molecular flexibility index (Phi) is 5.20. The van der Waals surface area contributed by atoms with Gasteiger partial charge < -0.3 is 4.90 Å². The van der Waals surface area contributed by atoms with Crippen molar-refractivity contribution < 1.29 is 4.79 Å². The summed E-state index contributed by atoms with van der Waals surface area (Å²) < 4.78 is 0. The van der Waals surface area contributed by atoms with Crippen LogP contribution >= 0.6 is 0 Å². The number of rotatable bonds is 4. The van der Waals surface area contributed by atoms with Gasteiger partial charge in [-0.2, -0.15) is 0 Å². The van der Waals surface area contributed by atoms with E-state index in [-0.39, 0.29) is 5.91 Å². The van der Waals surface area contributed by atoms with Crippen LogP contribution in [0.2, 0.25) is 0 Å². The highest BCUT2D eigenvalue weighted by Gasteiger charge is 2.22. The van der Waals surface area contributed by atoms with E-state index in [1.807, 2.05) is 4.90 Å². The zero-order valence-corrected chi connectivity index (χ0v) is 12.6. The van der Waals surface area contributed by atoms with Gasteiger partial charge in [-0.3, -0.25) is 9.69 Å². The molecule has 0 saturated carbocycles. The molecular formula is C15H21N5O. The van der Waals surface area contributed by atoms with E-state index in [0.29, 0.717) is 17.2 Å². The fourth-order valence-corrected chi connectivity index (χ4v) is 2.59. The van der Waals surface area contributed by atoms with Crippen LogP contribution < -0.4 is 0 Å². The zero-order valence-electron chi connectivity index (χ0n) is 12.6. The normalized spacial score (nSPS) is 15.9. The number of nitrogens with zero attached hydrogens (tertiary/aromatic N) is 5. The van der Waals surface area contributed by atoms with Crippen LogP contribution in [0.3, 0.4) is 0 Å². The van der Waals surface area contributed by atoms with Crippen LogP contribution in [-0.2, 0) is 0 Å². The second kappa shape index (κ2) is 7.11. The van der Waals surface area contributed by atoms with E-state index in [1.165, 1.54) is 0 Å². The molecule has 1 fully saturated rings. The van der Waals surface area contributed by atoms with E-state index < -0.39 is 0 Å². The number of piperazine rings is 1. The molecular weight excluding hydrogens is 266 g/mol. The molecule has 0 aromatic heterocycles. The maximum absolute atomic E-state index is 12.5. The molecule has 0 spiro atoms. The van der Waals surface area contributed by atoms with Crippen molar-refractivity contribution in [2.24, 2.45) is 11.0 Å². The van der Waals surface area contributed by atoms with Gasteiger partial charge in [0.25, 0.3) is 5.91 Å². The van der Waals surface area contributed by atoms with Crippen molar-refractivity contribution >= 4 is 11.6 Å². The van der Waals surface area contributed by atoms with E-state index in [1.54, 1.807) is 24.3 Å². The first-order chi connectivity index (χ1) is 10.1. The predicted octanol–water partition coefficient (Wildman–Crippen LogP) is 3.04. The fraction of sp³-hybridized carbons (Fsp3) is 0.533. The molecule has 0 atom stereocenters. The van der Waals surface area contributed by atoms with Crippen LogP contribution in [0.1, 0.15) is 24.2 Å². The summed E-state index contributed by atoms with van der Waals surface area (Å²) in [5.74, 6) is 0.655. The van der Waals surface area contributed by atoms with Crippen molar-refractivity contribution in [3.63, 3.8) is 0 Å². The van der Waals surface area contributed by atoms with Crippen LogP contribution in [0.25, 0.3) is 10.4 Å². The molecule has 21 heavy (non-hydrogen) atoms. The molecule has 1 aromatic rings. The molecule has 2 rings (SSSR count).